The minimum Gasteiger partial charge on any atom is -0.493 e. The number of ether oxygens (including phenoxy) is 3. The van der Waals surface area contributed by atoms with E-state index < -0.39 is 6.10 Å². The lowest BCUT2D eigenvalue weighted by molar-refractivity contribution is -0.156. The molecular formula is C16H21NO5. The number of nitrogens with one attached hydrogen (secondary N) is 1. The molecule has 0 spiro atoms. The highest BCUT2D eigenvalue weighted by molar-refractivity contribution is 5.84. The number of rotatable bonds is 7. The number of hydrogen-bond donors (Lipinski definition) is 1. The quantitative estimate of drug-likeness (QED) is 0.776. The summed E-state index contributed by atoms with van der Waals surface area (Å²) in [4.78, 5) is 23.4. The van der Waals surface area contributed by atoms with Gasteiger partial charge in [0.1, 0.15) is 0 Å². The van der Waals surface area contributed by atoms with E-state index in [-0.39, 0.29) is 17.8 Å². The van der Waals surface area contributed by atoms with Crippen LogP contribution in [0.5, 0.6) is 11.5 Å². The summed E-state index contributed by atoms with van der Waals surface area (Å²) in [6, 6.07) is 5.40. The van der Waals surface area contributed by atoms with Crippen LogP contribution in [0.1, 0.15) is 25.3 Å². The van der Waals surface area contributed by atoms with E-state index in [1.165, 1.54) is 0 Å². The topological polar surface area (TPSA) is 73.9 Å². The highest BCUT2D eigenvalue weighted by Gasteiger charge is 2.33. The number of carbonyl (C=O) groups is 2. The summed E-state index contributed by atoms with van der Waals surface area (Å²) in [5.41, 5.74) is 0.867. The van der Waals surface area contributed by atoms with Crippen molar-refractivity contribution in [3.05, 3.63) is 23.8 Å². The molecule has 22 heavy (non-hydrogen) atoms. The van der Waals surface area contributed by atoms with E-state index >= 15 is 0 Å². The van der Waals surface area contributed by atoms with Gasteiger partial charge in [-0.2, -0.15) is 0 Å². The molecule has 6 heteroatoms. The third-order valence-corrected chi connectivity index (χ3v) is 3.49. The van der Waals surface area contributed by atoms with Crippen LogP contribution >= 0.6 is 0 Å². The van der Waals surface area contributed by atoms with Crippen LogP contribution in [0.4, 0.5) is 0 Å². The van der Waals surface area contributed by atoms with Crippen molar-refractivity contribution in [1.82, 2.24) is 5.32 Å². The summed E-state index contributed by atoms with van der Waals surface area (Å²) < 4.78 is 15.5. The summed E-state index contributed by atoms with van der Waals surface area (Å²) in [5, 5.41) is 2.74. The molecule has 6 nitrogen and oxygen atoms in total. The Hall–Kier alpha value is -2.24. The van der Waals surface area contributed by atoms with Crippen LogP contribution in [-0.4, -0.2) is 32.2 Å². The maximum atomic E-state index is 11.9. The van der Waals surface area contributed by atoms with E-state index in [2.05, 4.69) is 5.32 Å². The lowest BCUT2D eigenvalue weighted by Crippen LogP contribution is -2.35. The van der Waals surface area contributed by atoms with Crippen LogP contribution in [0.15, 0.2) is 18.2 Å². The third kappa shape index (κ3) is 4.13. The molecule has 0 aromatic heterocycles. The number of esters is 1. The van der Waals surface area contributed by atoms with Crippen molar-refractivity contribution in [2.75, 3.05) is 14.2 Å². The van der Waals surface area contributed by atoms with Crippen LogP contribution < -0.4 is 14.8 Å². The van der Waals surface area contributed by atoms with Crippen LogP contribution in [-0.2, 0) is 20.9 Å². The molecule has 1 aliphatic rings. The maximum absolute atomic E-state index is 11.9. The van der Waals surface area contributed by atoms with Crippen molar-refractivity contribution in [2.45, 2.75) is 32.4 Å². The number of benzene rings is 1. The molecule has 0 aliphatic heterocycles. The van der Waals surface area contributed by atoms with Gasteiger partial charge in [0.2, 0.25) is 0 Å². The maximum Gasteiger partial charge on any atom is 0.309 e. The molecule has 1 N–H and O–H groups in total. The molecular weight excluding hydrogens is 286 g/mol. The molecule has 120 valence electrons. The highest BCUT2D eigenvalue weighted by atomic mass is 16.5. The second-order valence-electron chi connectivity index (χ2n) is 5.26. The molecule has 1 saturated carbocycles. The Balaban J connectivity index is 1.86. The smallest absolute Gasteiger partial charge is 0.309 e. The summed E-state index contributed by atoms with van der Waals surface area (Å²) in [7, 11) is 3.12. The van der Waals surface area contributed by atoms with Gasteiger partial charge in [-0.1, -0.05) is 6.07 Å². The molecule has 1 aromatic rings. The molecule has 0 saturated heterocycles. The van der Waals surface area contributed by atoms with Gasteiger partial charge in [0, 0.05) is 6.54 Å². The average Bonchev–Trinajstić information content (AvgIpc) is 3.36. The van der Waals surface area contributed by atoms with E-state index in [4.69, 9.17) is 14.2 Å². The number of amides is 1. The molecule has 0 unspecified atom stereocenters. The Kier molecular flexibility index (Phi) is 5.25. The second-order valence-corrected chi connectivity index (χ2v) is 5.26. The van der Waals surface area contributed by atoms with Gasteiger partial charge >= 0.3 is 5.97 Å². The first-order valence-corrected chi connectivity index (χ1v) is 7.24. The third-order valence-electron chi connectivity index (χ3n) is 3.49. The molecule has 1 atom stereocenters. The number of methoxy groups -OCH3 is 2. The van der Waals surface area contributed by atoms with Crippen molar-refractivity contribution in [1.29, 1.82) is 0 Å². The first-order valence-electron chi connectivity index (χ1n) is 7.24. The Morgan fingerprint density at radius 2 is 1.91 bits per heavy atom. The van der Waals surface area contributed by atoms with Gasteiger partial charge in [0.05, 0.1) is 20.1 Å². The molecule has 2 rings (SSSR count). The molecule has 1 aliphatic carbocycles. The van der Waals surface area contributed by atoms with Crippen LogP contribution in [0.2, 0.25) is 0 Å². The molecule has 1 fully saturated rings. The summed E-state index contributed by atoms with van der Waals surface area (Å²) >= 11 is 0. The fraction of sp³-hybridized carbons (Fsp3) is 0.500. The zero-order valence-corrected chi connectivity index (χ0v) is 13.0. The SMILES string of the molecule is COc1ccc(CNC(=O)[C@H](C)OC(=O)C2CC2)cc1OC. The van der Waals surface area contributed by atoms with Gasteiger partial charge in [0.15, 0.2) is 17.6 Å². The van der Waals surface area contributed by atoms with Gasteiger partial charge in [-0.25, -0.2) is 0 Å². The predicted octanol–water partition coefficient (Wildman–Crippen LogP) is 1.66. The van der Waals surface area contributed by atoms with Crippen LogP contribution in [0.3, 0.4) is 0 Å². The summed E-state index contributed by atoms with van der Waals surface area (Å²) in [5.74, 6) is 0.616. The van der Waals surface area contributed by atoms with E-state index in [1.54, 1.807) is 33.3 Å². The molecule has 0 bridgehead atoms. The predicted molar refractivity (Wildman–Crippen MR) is 79.7 cm³/mol. The Bertz CT molecular complexity index is 553. The van der Waals surface area contributed by atoms with Gasteiger partial charge in [-0.05, 0) is 37.5 Å². The number of hydrogen-bond acceptors (Lipinski definition) is 5. The van der Waals surface area contributed by atoms with E-state index in [1.807, 2.05) is 6.07 Å². The summed E-state index contributed by atoms with van der Waals surface area (Å²) in [6.07, 6.45) is 0.936. The Labute approximate surface area is 129 Å². The Morgan fingerprint density at radius 3 is 2.50 bits per heavy atom. The van der Waals surface area contributed by atoms with Gasteiger partial charge in [0.25, 0.3) is 5.91 Å². The van der Waals surface area contributed by atoms with Gasteiger partial charge in [-0.15, -0.1) is 0 Å². The molecule has 0 radical (unpaired) electrons. The molecule has 1 aromatic carbocycles. The van der Waals surface area contributed by atoms with E-state index in [0.29, 0.717) is 18.0 Å². The lowest BCUT2D eigenvalue weighted by atomic mass is 10.2. The zero-order valence-electron chi connectivity index (χ0n) is 13.0. The fourth-order valence-electron chi connectivity index (χ4n) is 1.97. The van der Waals surface area contributed by atoms with Crippen LogP contribution in [0, 0.1) is 5.92 Å². The summed E-state index contributed by atoms with van der Waals surface area (Å²) in [6.45, 7) is 1.90. The van der Waals surface area contributed by atoms with E-state index in [0.717, 1.165) is 18.4 Å². The second kappa shape index (κ2) is 7.15. The standard InChI is InChI=1S/C16H21NO5/c1-10(22-16(19)12-5-6-12)15(18)17-9-11-4-7-13(20-2)14(8-11)21-3/h4,7-8,10,12H,5-6,9H2,1-3H3,(H,17,18)/t10-/m0/s1. The van der Waals surface area contributed by atoms with Gasteiger partial charge < -0.3 is 19.5 Å². The van der Waals surface area contributed by atoms with E-state index in [9.17, 15) is 9.59 Å². The fourth-order valence-corrected chi connectivity index (χ4v) is 1.97. The van der Waals surface area contributed by atoms with Crippen molar-refractivity contribution < 1.29 is 23.8 Å². The van der Waals surface area contributed by atoms with Crippen molar-refractivity contribution in [3.8, 4) is 11.5 Å². The number of carbonyl (C=O) groups excluding carboxylic acids is 2. The van der Waals surface area contributed by atoms with Crippen LogP contribution in [0.25, 0.3) is 0 Å². The first kappa shape index (κ1) is 16.1. The largest absolute Gasteiger partial charge is 0.493 e. The molecule has 1 amide bonds. The van der Waals surface area contributed by atoms with Crippen molar-refractivity contribution in [2.24, 2.45) is 5.92 Å². The van der Waals surface area contributed by atoms with Crippen molar-refractivity contribution in [3.63, 3.8) is 0 Å². The lowest BCUT2D eigenvalue weighted by Gasteiger charge is -2.14. The zero-order chi connectivity index (χ0) is 16.1. The normalized spacial score (nSPS) is 14.9. The minimum atomic E-state index is -0.784. The first-order chi connectivity index (χ1) is 10.5. The van der Waals surface area contributed by atoms with Crippen molar-refractivity contribution >= 4 is 11.9 Å². The van der Waals surface area contributed by atoms with Gasteiger partial charge in [-0.3, -0.25) is 9.59 Å². The molecule has 0 heterocycles. The Morgan fingerprint density at radius 1 is 1.23 bits per heavy atom. The highest BCUT2D eigenvalue weighted by Crippen LogP contribution is 2.30. The monoisotopic (exact) mass is 307 g/mol. The average molecular weight is 307 g/mol. The minimum absolute atomic E-state index is 0.0129.